The van der Waals surface area contributed by atoms with E-state index in [2.05, 4.69) is 54.7 Å². The SMILES string of the molecule is C[C@]12C=CC(=O)C=C1C=C[C@@H]1[C@@H]2CC[C@@]2(C)[C@H]1CC[C@@]2(O)/C=C/I. The monoisotopic (exact) mass is 436 g/mol. The van der Waals surface area contributed by atoms with Gasteiger partial charge in [0, 0.05) is 10.8 Å². The van der Waals surface area contributed by atoms with Crippen LogP contribution in [-0.4, -0.2) is 16.5 Å². The Morgan fingerprint density at radius 3 is 2.71 bits per heavy atom. The van der Waals surface area contributed by atoms with Crippen LogP contribution in [0.25, 0.3) is 0 Å². The highest BCUT2D eigenvalue weighted by atomic mass is 127. The number of carbonyl (C=O) groups is 1. The number of halogens is 1. The molecular formula is C21H25IO2. The number of fused-ring (bicyclic) bond motifs is 5. The second-order valence-corrected chi connectivity index (χ2v) is 9.20. The number of hydrogen-bond donors (Lipinski definition) is 1. The zero-order valence-corrected chi connectivity index (χ0v) is 16.5. The second kappa shape index (κ2) is 5.41. The quantitative estimate of drug-likeness (QED) is 0.603. The molecule has 0 spiro atoms. The second-order valence-electron chi connectivity index (χ2n) is 8.48. The molecule has 3 heteroatoms. The van der Waals surface area contributed by atoms with E-state index in [-0.39, 0.29) is 16.6 Å². The standard InChI is InChI=1S/C21H25IO2/c1-19-8-5-15(23)13-14(19)3-4-16-17(19)6-9-20(2)18(16)7-10-21(20,24)11-12-22/h3-5,8,11-13,16-18,24H,6-7,9-10H2,1-2H3/b12-11+/t16-,17+,18+,19+,20+,21-/m1/s1. The van der Waals surface area contributed by atoms with Crippen molar-refractivity contribution in [1.29, 1.82) is 0 Å². The van der Waals surface area contributed by atoms with Crippen LogP contribution in [0.2, 0.25) is 0 Å². The van der Waals surface area contributed by atoms with Crippen molar-refractivity contribution < 1.29 is 9.90 Å². The molecule has 6 atom stereocenters. The third-order valence-electron chi connectivity index (χ3n) is 7.67. The maximum absolute atomic E-state index is 11.8. The lowest BCUT2D eigenvalue weighted by Crippen LogP contribution is -2.52. The van der Waals surface area contributed by atoms with Crippen LogP contribution in [0.5, 0.6) is 0 Å². The van der Waals surface area contributed by atoms with Crippen LogP contribution in [0.1, 0.15) is 39.5 Å². The molecule has 1 N–H and O–H groups in total. The Labute approximate surface area is 157 Å². The molecule has 0 bridgehead atoms. The van der Waals surface area contributed by atoms with Gasteiger partial charge in [-0.25, -0.2) is 0 Å². The van der Waals surface area contributed by atoms with Gasteiger partial charge in [0.05, 0.1) is 5.60 Å². The van der Waals surface area contributed by atoms with E-state index in [0.717, 1.165) is 25.7 Å². The van der Waals surface area contributed by atoms with Gasteiger partial charge in [0.25, 0.3) is 0 Å². The van der Waals surface area contributed by atoms with Crippen molar-refractivity contribution in [3.05, 3.63) is 46.1 Å². The number of rotatable bonds is 1. The summed E-state index contributed by atoms with van der Waals surface area (Å²) in [5.41, 5.74) is 0.410. The van der Waals surface area contributed by atoms with Gasteiger partial charge >= 0.3 is 0 Å². The smallest absolute Gasteiger partial charge is 0.178 e. The van der Waals surface area contributed by atoms with Gasteiger partial charge in [-0.3, -0.25) is 4.79 Å². The topological polar surface area (TPSA) is 37.3 Å². The molecule has 128 valence electrons. The summed E-state index contributed by atoms with van der Waals surface area (Å²) < 4.78 is 1.98. The van der Waals surface area contributed by atoms with Crippen molar-refractivity contribution in [2.45, 2.75) is 45.1 Å². The summed E-state index contributed by atoms with van der Waals surface area (Å²) >= 11 is 2.22. The van der Waals surface area contributed by atoms with E-state index in [1.54, 1.807) is 6.08 Å². The van der Waals surface area contributed by atoms with Crippen molar-refractivity contribution in [1.82, 2.24) is 0 Å². The van der Waals surface area contributed by atoms with Crippen LogP contribution >= 0.6 is 22.6 Å². The Kier molecular flexibility index (Phi) is 3.78. The summed E-state index contributed by atoms with van der Waals surface area (Å²) in [5, 5.41) is 11.3. The lowest BCUT2D eigenvalue weighted by atomic mass is 9.49. The molecule has 0 aromatic heterocycles. The van der Waals surface area contributed by atoms with E-state index in [1.165, 1.54) is 5.57 Å². The number of ketones is 1. The van der Waals surface area contributed by atoms with Crippen molar-refractivity contribution in [2.75, 3.05) is 0 Å². The molecule has 0 aromatic carbocycles. The van der Waals surface area contributed by atoms with E-state index in [1.807, 2.05) is 16.2 Å². The van der Waals surface area contributed by atoms with Gasteiger partial charge in [-0.2, -0.15) is 0 Å². The minimum Gasteiger partial charge on any atom is -0.385 e. The molecule has 2 saturated carbocycles. The van der Waals surface area contributed by atoms with Crippen LogP contribution in [0.3, 0.4) is 0 Å². The lowest BCUT2D eigenvalue weighted by molar-refractivity contribution is -0.110. The predicted molar refractivity (Wildman–Crippen MR) is 105 cm³/mol. The van der Waals surface area contributed by atoms with Gasteiger partial charge in [-0.15, -0.1) is 0 Å². The maximum Gasteiger partial charge on any atom is 0.178 e. The van der Waals surface area contributed by atoms with E-state index in [4.69, 9.17) is 0 Å². The fourth-order valence-corrected chi connectivity index (χ4v) is 6.68. The lowest BCUT2D eigenvalue weighted by Gasteiger charge is -2.56. The summed E-state index contributed by atoms with van der Waals surface area (Å²) in [6.07, 6.45) is 16.3. The first-order chi connectivity index (χ1) is 11.3. The molecule has 0 unspecified atom stereocenters. The molecule has 0 radical (unpaired) electrons. The van der Waals surface area contributed by atoms with E-state index in [9.17, 15) is 9.90 Å². The van der Waals surface area contributed by atoms with Crippen LogP contribution in [0.4, 0.5) is 0 Å². The molecule has 4 rings (SSSR count). The first-order valence-corrected chi connectivity index (χ1v) is 10.2. The van der Waals surface area contributed by atoms with E-state index < -0.39 is 5.60 Å². The first-order valence-electron chi connectivity index (χ1n) is 8.98. The largest absolute Gasteiger partial charge is 0.385 e. The summed E-state index contributed by atoms with van der Waals surface area (Å²) in [6.45, 7) is 4.58. The Morgan fingerprint density at radius 1 is 1.21 bits per heavy atom. The molecular weight excluding hydrogens is 411 g/mol. The molecule has 24 heavy (non-hydrogen) atoms. The third-order valence-corrected chi connectivity index (χ3v) is 8.03. The fourth-order valence-electron chi connectivity index (χ4n) is 6.08. The van der Waals surface area contributed by atoms with Crippen molar-refractivity contribution in [2.24, 2.45) is 28.6 Å². The molecule has 4 aliphatic rings. The van der Waals surface area contributed by atoms with Crippen LogP contribution in [0, 0.1) is 28.6 Å². The molecule has 2 fully saturated rings. The molecule has 0 amide bonds. The van der Waals surface area contributed by atoms with E-state index >= 15 is 0 Å². The molecule has 4 aliphatic carbocycles. The Bertz CT molecular complexity index is 703. The summed E-state index contributed by atoms with van der Waals surface area (Å²) in [5.74, 6) is 1.63. The Hall–Kier alpha value is -0.680. The van der Waals surface area contributed by atoms with Crippen LogP contribution in [0.15, 0.2) is 46.1 Å². The molecule has 0 heterocycles. The molecule has 0 aliphatic heterocycles. The number of hydrogen-bond acceptors (Lipinski definition) is 2. The highest BCUT2D eigenvalue weighted by Gasteiger charge is 2.62. The molecule has 2 nitrogen and oxygen atoms in total. The van der Waals surface area contributed by atoms with E-state index in [0.29, 0.717) is 17.8 Å². The normalized spacial score (nSPS) is 49.8. The van der Waals surface area contributed by atoms with Gasteiger partial charge in [0.15, 0.2) is 5.78 Å². The highest BCUT2D eigenvalue weighted by Crippen LogP contribution is 2.65. The Balaban J connectivity index is 1.75. The van der Waals surface area contributed by atoms with Gasteiger partial charge < -0.3 is 5.11 Å². The summed E-state index contributed by atoms with van der Waals surface area (Å²) in [4.78, 5) is 11.8. The highest BCUT2D eigenvalue weighted by molar-refractivity contribution is 14.1. The fraction of sp³-hybridized carbons (Fsp3) is 0.571. The number of allylic oxidation sites excluding steroid dienone is 6. The Morgan fingerprint density at radius 2 is 1.96 bits per heavy atom. The van der Waals surface area contributed by atoms with Gasteiger partial charge in [0.2, 0.25) is 0 Å². The number of aliphatic hydroxyl groups is 1. The molecule has 0 saturated heterocycles. The number of carbonyl (C=O) groups excluding carboxylic acids is 1. The van der Waals surface area contributed by atoms with Crippen molar-refractivity contribution in [3.8, 4) is 0 Å². The molecule has 0 aromatic rings. The van der Waals surface area contributed by atoms with Gasteiger partial charge in [0.1, 0.15) is 0 Å². The zero-order chi connectivity index (χ0) is 17.2. The summed E-state index contributed by atoms with van der Waals surface area (Å²) in [7, 11) is 0. The van der Waals surface area contributed by atoms with Crippen LogP contribution < -0.4 is 0 Å². The van der Waals surface area contributed by atoms with Crippen LogP contribution in [-0.2, 0) is 4.79 Å². The van der Waals surface area contributed by atoms with Gasteiger partial charge in [-0.05, 0) is 71.3 Å². The minimum absolute atomic E-state index is 0.0333. The van der Waals surface area contributed by atoms with Gasteiger partial charge in [-0.1, -0.05) is 54.7 Å². The summed E-state index contributed by atoms with van der Waals surface area (Å²) in [6, 6.07) is 0. The average Bonchev–Trinajstić information content (AvgIpc) is 2.80. The van der Waals surface area contributed by atoms with Crippen molar-refractivity contribution in [3.63, 3.8) is 0 Å². The third kappa shape index (κ3) is 2.06. The van der Waals surface area contributed by atoms with Crippen molar-refractivity contribution >= 4 is 28.4 Å². The first kappa shape index (κ1) is 16.8. The maximum atomic E-state index is 11.8. The minimum atomic E-state index is -0.674. The predicted octanol–water partition coefficient (Wildman–Crippen LogP) is 4.75. The zero-order valence-electron chi connectivity index (χ0n) is 14.3. The average molecular weight is 436 g/mol.